The average molecular weight is 828 g/mol. The number of ether oxygens (including phenoxy) is 2. The van der Waals surface area contributed by atoms with Crippen molar-refractivity contribution in [2.24, 2.45) is 26.1 Å². The van der Waals surface area contributed by atoms with E-state index >= 15 is 0 Å². The molecule has 0 aliphatic carbocycles. The predicted molar refractivity (Wildman–Crippen MR) is 227 cm³/mol. The molecule has 1 atom stereocenters. The van der Waals surface area contributed by atoms with E-state index in [9.17, 15) is 24.0 Å². The molecule has 0 radical (unpaired) electrons. The van der Waals surface area contributed by atoms with Gasteiger partial charge in [0.25, 0.3) is 23.6 Å². The van der Waals surface area contributed by atoms with Gasteiger partial charge < -0.3 is 54.7 Å². The lowest BCUT2D eigenvalue weighted by molar-refractivity contribution is -0.116. The second-order valence-corrected chi connectivity index (χ2v) is 15.4. The lowest BCUT2D eigenvalue weighted by Gasteiger charge is -2.20. The smallest absolute Gasteiger partial charge is 0.291 e. The van der Waals surface area contributed by atoms with Crippen LogP contribution in [0.2, 0.25) is 0 Å². The van der Waals surface area contributed by atoms with Gasteiger partial charge in [0.1, 0.15) is 11.4 Å². The number of fused-ring (bicyclic) bond motifs is 3. The van der Waals surface area contributed by atoms with Gasteiger partial charge in [-0.25, -0.2) is 4.98 Å². The monoisotopic (exact) mass is 827 g/mol. The van der Waals surface area contributed by atoms with Crippen LogP contribution >= 0.6 is 0 Å². The Kier molecular flexibility index (Phi) is 10.7. The molecule has 2 aromatic carbocycles. The zero-order chi connectivity index (χ0) is 43.1. The van der Waals surface area contributed by atoms with E-state index in [-0.39, 0.29) is 54.1 Å². The first kappa shape index (κ1) is 40.2. The van der Waals surface area contributed by atoms with Crippen molar-refractivity contribution in [3.05, 3.63) is 107 Å². The van der Waals surface area contributed by atoms with Crippen molar-refractivity contribution in [3.63, 3.8) is 0 Å². The fourth-order valence-electron chi connectivity index (χ4n) is 7.77. The molecular formula is C43H45N11O7. The number of aliphatic imine (C=N–C) groups is 1. The first-order valence-corrected chi connectivity index (χ1v) is 19.6. The minimum atomic E-state index is -0.557. The van der Waals surface area contributed by atoms with Gasteiger partial charge in [-0.05, 0) is 54.3 Å². The van der Waals surface area contributed by atoms with Crippen molar-refractivity contribution in [2.45, 2.75) is 38.4 Å². The highest BCUT2D eigenvalue weighted by Gasteiger charge is 2.34. The molecule has 0 saturated carbocycles. The number of nitrogens with one attached hydrogen (secondary N) is 3. The average Bonchev–Trinajstić information content (AvgIpc) is 4.05. The minimum absolute atomic E-state index is 0.0290. The van der Waals surface area contributed by atoms with Gasteiger partial charge in [0.05, 0.1) is 42.4 Å². The number of nitrogens with zero attached hydrogens (tertiary/aromatic N) is 7. The van der Waals surface area contributed by atoms with E-state index in [1.165, 1.54) is 23.9 Å². The number of benzene rings is 2. The van der Waals surface area contributed by atoms with Crippen LogP contribution in [0.5, 0.6) is 11.5 Å². The van der Waals surface area contributed by atoms with Gasteiger partial charge in [0.2, 0.25) is 11.7 Å². The summed E-state index contributed by atoms with van der Waals surface area (Å²) in [5.74, 6) is -0.657. The van der Waals surface area contributed by atoms with Crippen LogP contribution in [-0.4, -0.2) is 90.5 Å². The summed E-state index contributed by atoms with van der Waals surface area (Å²) in [6.07, 6.45) is 7.66. The third kappa shape index (κ3) is 8.19. The first-order chi connectivity index (χ1) is 29.2. The van der Waals surface area contributed by atoms with Crippen LogP contribution in [0.4, 0.5) is 28.6 Å². The minimum Gasteiger partial charge on any atom is -0.493 e. The molecule has 0 bridgehead atoms. The highest BCUT2D eigenvalue weighted by Crippen LogP contribution is 2.38. The molecule has 3 aliphatic heterocycles. The van der Waals surface area contributed by atoms with Crippen molar-refractivity contribution in [1.82, 2.24) is 28.5 Å². The molecule has 3 aliphatic rings. The number of carbonyl (C=O) groups excluding carboxylic acids is 5. The fraction of sp³-hybridized carbons (Fsp3) is 0.279. The summed E-state index contributed by atoms with van der Waals surface area (Å²) in [4.78, 5) is 78.5. The van der Waals surface area contributed by atoms with E-state index in [0.717, 1.165) is 16.7 Å². The predicted octanol–water partition coefficient (Wildman–Crippen LogP) is 4.63. The summed E-state index contributed by atoms with van der Waals surface area (Å²) >= 11 is 0. The number of anilines is 4. The molecule has 6 heterocycles. The summed E-state index contributed by atoms with van der Waals surface area (Å²) in [5.41, 5.74) is 12.0. The Morgan fingerprint density at radius 1 is 0.852 bits per heavy atom. The van der Waals surface area contributed by atoms with Crippen molar-refractivity contribution in [3.8, 4) is 11.5 Å². The normalized spacial score (nSPS) is 15.2. The second-order valence-electron chi connectivity index (χ2n) is 15.4. The maximum Gasteiger partial charge on any atom is 0.291 e. The van der Waals surface area contributed by atoms with Crippen LogP contribution in [0.25, 0.3) is 0 Å². The SMILES string of the molecule is C=C1CC2C=Nc3cc(OCCCC(=O)Nc4cn(C)c(C(=O)Nc5cc(C(=O)Nc6cc(C(=O)N7Cc8ccc(N)cc8C7)n(C)c6)n(C)c5)n4)c(OC)cc3C(=O)N2C1. The lowest BCUT2D eigenvalue weighted by Crippen LogP contribution is -2.35. The standard InChI is InChI=1S/C43H45N11O7/c1-24-11-30-17-45-32-16-36(35(60-5)15-31(32)42(58)54(30)18-24)61-10-6-7-38(55)48-37-23-52(4)39(49-37)41(57)47-28-13-33(50(2)21-28)40(56)46-29-14-34(51(3)22-29)43(59)53-19-25-8-9-27(44)12-26(25)20-53/h8-9,12-17,21-23,30H,1,6-7,10-11,18-20,44H2,2-5H3,(H,46,56)(H,47,57)(H,48,55). The molecule has 1 saturated heterocycles. The fourth-order valence-corrected chi connectivity index (χ4v) is 7.77. The number of amides is 5. The molecule has 3 aromatic heterocycles. The largest absolute Gasteiger partial charge is 0.493 e. The highest BCUT2D eigenvalue weighted by atomic mass is 16.5. The summed E-state index contributed by atoms with van der Waals surface area (Å²) in [5, 5.41) is 8.32. The van der Waals surface area contributed by atoms with E-state index in [1.54, 1.807) is 76.9 Å². The van der Waals surface area contributed by atoms with Gasteiger partial charge in [-0.15, -0.1) is 0 Å². The number of rotatable bonds is 12. The van der Waals surface area contributed by atoms with Crippen LogP contribution < -0.4 is 31.2 Å². The molecule has 18 heteroatoms. The maximum atomic E-state index is 13.4. The van der Waals surface area contributed by atoms with Crippen LogP contribution in [0, 0.1) is 0 Å². The molecule has 1 fully saturated rings. The number of aromatic nitrogens is 4. The zero-order valence-electron chi connectivity index (χ0n) is 34.2. The molecule has 1 unspecified atom stereocenters. The molecule has 314 valence electrons. The molecular weight excluding hydrogens is 783 g/mol. The number of nitrogen functional groups attached to an aromatic ring is 1. The quantitative estimate of drug-likeness (QED) is 0.0783. The summed E-state index contributed by atoms with van der Waals surface area (Å²) in [6.45, 7) is 5.60. The number of nitrogens with two attached hydrogens (primary N) is 1. The van der Waals surface area contributed by atoms with Gasteiger partial charge in [0, 0.05) is 83.8 Å². The Balaban J connectivity index is 0.822. The lowest BCUT2D eigenvalue weighted by atomic mass is 10.1. The van der Waals surface area contributed by atoms with Gasteiger partial charge in [0.15, 0.2) is 17.3 Å². The van der Waals surface area contributed by atoms with Crippen LogP contribution in [0.15, 0.2) is 78.2 Å². The Morgan fingerprint density at radius 2 is 1.57 bits per heavy atom. The summed E-state index contributed by atoms with van der Waals surface area (Å²) in [6, 6.07) is 11.9. The molecule has 18 nitrogen and oxygen atoms in total. The van der Waals surface area contributed by atoms with E-state index in [2.05, 4.69) is 32.5 Å². The number of carbonyl (C=O) groups is 5. The zero-order valence-corrected chi connectivity index (χ0v) is 34.2. The Labute approximate surface area is 350 Å². The Bertz CT molecular complexity index is 2670. The van der Waals surface area contributed by atoms with Crippen LogP contribution in [0.3, 0.4) is 0 Å². The van der Waals surface area contributed by atoms with Crippen molar-refractivity contribution < 1.29 is 33.4 Å². The van der Waals surface area contributed by atoms with Crippen LogP contribution in [0.1, 0.15) is 72.3 Å². The van der Waals surface area contributed by atoms with Crippen molar-refractivity contribution in [1.29, 1.82) is 0 Å². The molecule has 61 heavy (non-hydrogen) atoms. The second kappa shape index (κ2) is 16.2. The van der Waals surface area contributed by atoms with E-state index in [4.69, 9.17) is 15.2 Å². The molecule has 5 amide bonds. The van der Waals surface area contributed by atoms with E-state index in [1.807, 2.05) is 18.2 Å². The van der Waals surface area contributed by atoms with Gasteiger partial charge in [-0.3, -0.25) is 29.0 Å². The maximum absolute atomic E-state index is 13.4. The number of methoxy groups -OCH3 is 1. The Morgan fingerprint density at radius 3 is 2.34 bits per heavy atom. The van der Waals surface area contributed by atoms with E-state index in [0.29, 0.717) is 78.0 Å². The Hall–Kier alpha value is -7.63. The first-order valence-electron chi connectivity index (χ1n) is 19.6. The molecule has 8 rings (SSSR count). The van der Waals surface area contributed by atoms with E-state index < -0.39 is 11.8 Å². The molecule has 0 spiro atoms. The molecule has 5 aromatic rings. The summed E-state index contributed by atoms with van der Waals surface area (Å²) in [7, 11) is 6.52. The summed E-state index contributed by atoms with van der Waals surface area (Å²) < 4.78 is 16.2. The van der Waals surface area contributed by atoms with Gasteiger partial charge in [-0.1, -0.05) is 18.2 Å². The third-order valence-corrected chi connectivity index (χ3v) is 10.8. The van der Waals surface area contributed by atoms with Gasteiger partial charge in [-0.2, -0.15) is 0 Å². The number of aryl methyl sites for hydroxylation is 3. The number of imidazole rings is 1. The topological polar surface area (TPSA) is 212 Å². The third-order valence-electron chi connectivity index (χ3n) is 10.8. The van der Waals surface area contributed by atoms with Crippen molar-refractivity contribution in [2.75, 3.05) is 41.9 Å². The highest BCUT2D eigenvalue weighted by molar-refractivity contribution is 6.07. The van der Waals surface area contributed by atoms with Crippen molar-refractivity contribution >= 4 is 64.3 Å². The van der Waals surface area contributed by atoms with Gasteiger partial charge >= 0.3 is 0 Å². The molecule has 5 N–H and O–H groups in total. The van der Waals surface area contributed by atoms with Crippen LogP contribution in [-0.2, 0) is 39.0 Å². The number of hydrogen-bond donors (Lipinski definition) is 4. The number of hydrogen-bond acceptors (Lipinski definition) is 10.